The molecule has 2 N–H and O–H groups in total. The van der Waals surface area contributed by atoms with Crippen molar-refractivity contribution in [3.05, 3.63) is 24.7 Å². The lowest BCUT2D eigenvalue weighted by Gasteiger charge is -2.32. The van der Waals surface area contributed by atoms with Gasteiger partial charge in [0.25, 0.3) is 10.2 Å². The van der Waals surface area contributed by atoms with Crippen LogP contribution in [0, 0.1) is 0 Å². The van der Waals surface area contributed by atoms with Crippen LogP contribution in [0.25, 0.3) is 16.8 Å². The van der Waals surface area contributed by atoms with Crippen LogP contribution in [0.1, 0.15) is 12.8 Å². The summed E-state index contributed by atoms with van der Waals surface area (Å²) < 4.78 is 40.2. The molecule has 0 spiro atoms. The Morgan fingerprint density at radius 3 is 2.72 bits per heavy atom. The molecule has 0 atom stereocenters. The Hall–Kier alpha value is -2.74. The summed E-state index contributed by atoms with van der Waals surface area (Å²) in [4.78, 5) is 4.66. The third-order valence-electron chi connectivity index (χ3n) is 5.38. The second kappa shape index (κ2) is 9.40. The number of rotatable bonds is 9. The SMILES string of the molecule is COCCOc1c(-c2cn[nH]c2)ccn2nc(NC3CCN(S(=O)(=O)N(C)C)CC3)nc12. The van der Waals surface area contributed by atoms with Crippen molar-refractivity contribution in [1.29, 1.82) is 0 Å². The maximum absolute atomic E-state index is 12.3. The highest BCUT2D eigenvalue weighted by molar-refractivity contribution is 7.86. The minimum Gasteiger partial charge on any atom is -0.487 e. The predicted molar refractivity (Wildman–Crippen MR) is 119 cm³/mol. The summed E-state index contributed by atoms with van der Waals surface area (Å²) in [5.74, 6) is 1.07. The third-order valence-corrected chi connectivity index (χ3v) is 7.32. The molecule has 0 aromatic carbocycles. The average Bonchev–Trinajstić information content (AvgIpc) is 3.44. The van der Waals surface area contributed by atoms with Crippen LogP contribution in [-0.4, -0.2) is 95.4 Å². The van der Waals surface area contributed by atoms with Gasteiger partial charge in [-0.2, -0.15) is 27.1 Å². The number of hydrogen-bond donors (Lipinski definition) is 2. The number of methoxy groups -OCH3 is 1. The molecule has 0 unspecified atom stereocenters. The van der Waals surface area contributed by atoms with E-state index >= 15 is 0 Å². The van der Waals surface area contributed by atoms with Crippen LogP contribution in [-0.2, 0) is 14.9 Å². The van der Waals surface area contributed by atoms with E-state index < -0.39 is 10.2 Å². The maximum Gasteiger partial charge on any atom is 0.281 e. The maximum atomic E-state index is 12.3. The smallest absolute Gasteiger partial charge is 0.281 e. The molecular formula is C19H28N8O4S. The van der Waals surface area contributed by atoms with Crippen molar-refractivity contribution >= 4 is 21.8 Å². The van der Waals surface area contributed by atoms with Crippen LogP contribution in [0.5, 0.6) is 5.75 Å². The second-order valence-corrected chi connectivity index (χ2v) is 9.84. The number of hydrogen-bond acceptors (Lipinski definition) is 8. The molecule has 13 heteroatoms. The van der Waals surface area contributed by atoms with Gasteiger partial charge in [0, 0.05) is 63.9 Å². The molecule has 4 rings (SSSR count). The van der Waals surface area contributed by atoms with Crippen molar-refractivity contribution in [2.24, 2.45) is 0 Å². The van der Waals surface area contributed by atoms with Crippen molar-refractivity contribution in [3.63, 3.8) is 0 Å². The van der Waals surface area contributed by atoms with E-state index in [2.05, 4.69) is 25.6 Å². The van der Waals surface area contributed by atoms with Crippen LogP contribution in [0.4, 0.5) is 5.95 Å². The van der Waals surface area contributed by atoms with E-state index in [4.69, 9.17) is 9.47 Å². The summed E-state index contributed by atoms with van der Waals surface area (Å²) in [7, 11) is 1.32. The molecule has 174 valence electrons. The molecule has 12 nitrogen and oxygen atoms in total. The quantitative estimate of drug-likeness (QED) is 0.445. The summed E-state index contributed by atoms with van der Waals surface area (Å²) in [6.07, 6.45) is 6.67. The van der Waals surface area contributed by atoms with E-state index in [-0.39, 0.29) is 6.04 Å². The zero-order chi connectivity index (χ0) is 22.7. The molecule has 0 bridgehead atoms. The fourth-order valence-corrected chi connectivity index (χ4v) is 4.76. The zero-order valence-electron chi connectivity index (χ0n) is 18.4. The third kappa shape index (κ3) is 4.55. The Kier molecular flexibility index (Phi) is 6.60. The van der Waals surface area contributed by atoms with Gasteiger partial charge in [-0.3, -0.25) is 5.10 Å². The first-order valence-corrected chi connectivity index (χ1v) is 11.7. The normalized spacial score (nSPS) is 16.1. The standard InChI is InChI=1S/C19H28N8O4S/c1-25(2)32(28,29)26-7-4-15(5-8-26)22-19-23-18-17(31-11-10-30-3)16(6-9-27(18)24-19)14-12-20-21-13-14/h6,9,12-13,15H,4-5,7-8,10-11H2,1-3H3,(H,20,21)(H,22,24). The summed E-state index contributed by atoms with van der Waals surface area (Å²) in [5, 5.41) is 14.7. The molecule has 32 heavy (non-hydrogen) atoms. The number of aromatic amines is 1. The van der Waals surface area contributed by atoms with Gasteiger partial charge >= 0.3 is 0 Å². The number of piperidine rings is 1. The summed E-state index contributed by atoms with van der Waals surface area (Å²) in [6.45, 7) is 1.71. The van der Waals surface area contributed by atoms with Crippen molar-refractivity contribution in [2.45, 2.75) is 18.9 Å². The van der Waals surface area contributed by atoms with E-state index in [1.165, 1.54) is 8.61 Å². The van der Waals surface area contributed by atoms with E-state index in [9.17, 15) is 8.42 Å². The molecule has 1 aliphatic rings. The molecule has 0 saturated carbocycles. The molecule has 0 radical (unpaired) electrons. The molecule has 3 aromatic rings. The van der Waals surface area contributed by atoms with Crippen LogP contribution in [0.15, 0.2) is 24.7 Å². The van der Waals surface area contributed by atoms with Gasteiger partial charge in [0.2, 0.25) is 5.95 Å². The van der Waals surface area contributed by atoms with Gasteiger partial charge in [0.1, 0.15) is 6.61 Å². The Balaban J connectivity index is 1.53. The zero-order valence-corrected chi connectivity index (χ0v) is 19.2. The summed E-state index contributed by atoms with van der Waals surface area (Å²) in [6, 6.07) is 1.98. The molecule has 1 saturated heterocycles. The largest absolute Gasteiger partial charge is 0.487 e. The molecule has 0 aliphatic carbocycles. The lowest BCUT2D eigenvalue weighted by atomic mass is 10.1. The number of anilines is 1. The number of nitrogens with zero attached hydrogens (tertiary/aromatic N) is 6. The fourth-order valence-electron chi connectivity index (χ4n) is 3.62. The molecule has 3 aromatic heterocycles. The number of fused-ring (bicyclic) bond motifs is 1. The fraction of sp³-hybridized carbons (Fsp3) is 0.526. The second-order valence-electron chi connectivity index (χ2n) is 7.70. The molecule has 0 amide bonds. The Labute approximate surface area is 186 Å². The highest BCUT2D eigenvalue weighted by atomic mass is 32.2. The van der Waals surface area contributed by atoms with E-state index in [1.54, 1.807) is 38.1 Å². The van der Waals surface area contributed by atoms with E-state index in [0.29, 0.717) is 56.5 Å². The first kappa shape index (κ1) is 22.5. The van der Waals surface area contributed by atoms with E-state index in [0.717, 1.165) is 11.1 Å². The number of nitrogens with one attached hydrogen (secondary N) is 2. The summed E-state index contributed by atoms with van der Waals surface area (Å²) in [5.41, 5.74) is 2.31. The van der Waals surface area contributed by atoms with Crippen molar-refractivity contribution in [2.75, 3.05) is 52.8 Å². The highest BCUT2D eigenvalue weighted by Crippen LogP contribution is 2.33. The number of H-pyrrole nitrogens is 1. The first-order chi connectivity index (χ1) is 15.4. The van der Waals surface area contributed by atoms with Crippen LogP contribution < -0.4 is 10.1 Å². The van der Waals surface area contributed by atoms with Gasteiger partial charge in [0.05, 0.1) is 12.8 Å². The van der Waals surface area contributed by atoms with Crippen LogP contribution in [0.3, 0.4) is 0 Å². The lowest BCUT2D eigenvalue weighted by molar-refractivity contribution is 0.147. The van der Waals surface area contributed by atoms with Gasteiger partial charge < -0.3 is 14.8 Å². The lowest BCUT2D eigenvalue weighted by Crippen LogP contribution is -2.46. The first-order valence-electron chi connectivity index (χ1n) is 10.3. The van der Waals surface area contributed by atoms with Gasteiger partial charge in [-0.1, -0.05) is 0 Å². The number of aromatic nitrogens is 5. The van der Waals surface area contributed by atoms with Crippen molar-refractivity contribution in [3.8, 4) is 16.9 Å². The van der Waals surface area contributed by atoms with Crippen LogP contribution >= 0.6 is 0 Å². The molecule has 4 heterocycles. The average molecular weight is 465 g/mol. The topological polar surface area (TPSA) is 130 Å². The van der Waals surface area contributed by atoms with E-state index in [1.807, 2.05) is 12.3 Å². The number of ether oxygens (including phenoxy) is 2. The minimum atomic E-state index is -3.39. The van der Waals surface area contributed by atoms with Crippen LogP contribution in [0.2, 0.25) is 0 Å². The predicted octanol–water partition coefficient (Wildman–Crippen LogP) is 0.827. The van der Waals surface area contributed by atoms with Gasteiger partial charge in [-0.15, -0.1) is 5.10 Å². The van der Waals surface area contributed by atoms with Gasteiger partial charge in [0.15, 0.2) is 11.4 Å². The number of pyridine rings is 1. The Bertz CT molecular complexity index is 1140. The van der Waals surface area contributed by atoms with Crippen molar-refractivity contribution in [1.82, 2.24) is 33.4 Å². The Morgan fingerprint density at radius 2 is 2.06 bits per heavy atom. The summed E-state index contributed by atoms with van der Waals surface area (Å²) >= 11 is 0. The monoisotopic (exact) mass is 464 g/mol. The Morgan fingerprint density at radius 1 is 1.28 bits per heavy atom. The highest BCUT2D eigenvalue weighted by Gasteiger charge is 2.30. The van der Waals surface area contributed by atoms with Crippen molar-refractivity contribution < 1.29 is 17.9 Å². The van der Waals surface area contributed by atoms with Gasteiger partial charge in [-0.05, 0) is 18.9 Å². The molecular weight excluding hydrogens is 436 g/mol. The molecule has 1 fully saturated rings. The van der Waals surface area contributed by atoms with Gasteiger partial charge in [-0.25, -0.2) is 4.52 Å². The minimum absolute atomic E-state index is 0.0761. The molecule has 1 aliphatic heterocycles.